The summed E-state index contributed by atoms with van der Waals surface area (Å²) in [5.74, 6) is -1.72. The minimum absolute atomic E-state index is 0.0930. The van der Waals surface area contributed by atoms with E-state index in [1.165, 1.54) is 23.1 Å². The van der Waals surface area contributed by atoms with E-state index in [9.17, 15) is 24.3 Å². The highest BCUT2D eigenvalue weighted by Gasteiger charge is 2.23. The Bertz CT molecular complexity index is 893. The molecular weight excluding hydrogens is 488 g/mol. The summed E-state index contributed by atoms with van der Waals surface area (Å²) in [4.78, 5) is 49.7. The number of alkyl carbamates (subject to hydrolysis) is 1. The van der Waals surface area contributed by atoms with Gasteiger partial charge in [0, 0.05) is 0 Å². The summed E-state index contributed by atoms with van der Waals surface area (Å²) >= 11 is 0. The second-order valence-electron chi connectivity index (χ2n) is 8.69. The maximum Gasteiger partial charge on any atom is 0.407 e. The molecule has 1 aromatic rings. The first kappa shape index (κ1) is 31.5. The number of hydrogen-bond donors (Lipinski definition) is 2. The molecule has 12 heteroatoms. The average molecular weight is 527 g/mol. The Morgan fingerprint density at radius 1 is 0.919 bits per heavy atom. The van der Waals surface area contributed by atoms with Gasteiger partial charge < -0.3 is 39.0 Å². The average Bonchev–Trinajstić information content (AvgIpc) is 2.80. The normalized spacial score (nSPS) is 11.6. The quantitative estimate of drug-likeness (QED) is 0.271. The number of nitrogens with one attached hydrogen (secondary N) is 1. The number of carbonyl (C=O) groups is 4. The first-order valence-corrected chi connectivity index (χ1v) is 12.0. The van der Waals surface area contributed by atoms with Crippen LogP contribution in [0.1, 0.15) is 53.2 Å². The van der Waals surface area contributed by atoms with E-state index >= 15 is 0 Å². The maximum atomic E-state index is 12.2. The van der Waals surface area contributed by atoms with Crippen molar-refractivity contribution in [1.29, 1.82) is 0 Å². The van der Waals surface area contributed by atoms with Gasteiger partial charge >= 0.3 is 24.0 Å². The lowest BCUT2D eigenvalue weighted by Gasteiger charge is -2.26. The van der Waals surface area contributed by atoms with Crippen molar-refractivity contribution in [2.75, 3.05) is 51.0 Å². The van der Waals surface area contributed by atoms with E-state index in [0.717, 1.165) is 0 Å². The molecule has 0 saturated carbocycles. The predicted molar refractivity (Wildman–Crippen MR) is 133 cm³/mol. The van der Waals surface area contributed by atoms with Crippen molar-refractivity contribution >= 4 is 29.7 Å². The Labute approximate surface area is 217 Å². The molecule has 1 unspecified atom stereocenters. The van der Waals surface area contributed by atoms with Gasteiger partial charge in [0.15, 0.2) is 6.61 Å². The highest BCUT2D eigenvalue weighted by molar-refractivity contribution is 5.83. The molecule has 12 nitrogen and oxygen atoms in total. The molecule has 0 aliphatic rings. The van der Waals surface area contributed by atoms with E-state index in [1.807, 2.05) is 0 Å². The van der Waals surface area contributed by atoms with Gasteiger partial charge in [-0.25, -0.2) is 9.59 Å². The van der Waals surface area contributed by atoms with Crippen molar-refractivity contribution in [2.45, 2.75) is 53.2 Å². The smallest absolute Gasteiger partial charge is 0.407 e. The molecule has 0 bridgehead atoms. The SMILES string of the molecule is CCOC(=O)COc1cc(C(O)CNC(=O)OC(C)(C)C)ccc1N(CC(=O)OCC)CC(=O)OCC. The highest BCUT2D eigenvalue weighted by atomic mass is 16.6. The van der Waals surface area contributed by atoms with Crippen LogP contribution in [0.4, 0.5) is 10.5 Å². The molecule has 1 rings (SSSR count). The topological polar surface area (TPSA) is 150 Å². The van der Waals surface area contributed by atoms with Gasteiger partial charge in [0.2, 0.25) is 0 Å². The molecule has 1 atom stereocenters. The van der Waals surface area contributed by atoms with Gasteiger partial charge in [-0.05, 0) is 59.2 Å². The lowest BCUT2D eigenvalue weighted by Crippen LogP contribution is -2.36. The Morgan fingerprint density at radius 3 is 1.97 bits per heavy atom. The maximum absolute atomic E-state index is 12.2. The Kier molecular flexibility index (Phi) is 13.2. The lowest BCUT2D eigenvalue weighted by atomic mass is 10.1. The van der Waals surface area contributed by atoms with Crippen molar-refractivity contribution in [1.82, 2.24) is 5.32 Å². The highest BCUT2D eigenvalue weighted by Crippen LogP contribution is 2.32. The van der Waals surface area contributed by atoms with E-state index in [-0.39, 0.29) is 50.9 Å². The van der Waals surface area contributed by atoms with E-state index in [0.29, 0.717) is 5.56 Å². The fourth-order valence-corrected chi connectivity index (χ4v) is 3.02. The van der Waals surface area contributed by atoms with E-state index in [4.69, 9.17) is 23.7 Å². The third-order valence-electron chi connectivity index (χ3n) is 4.45. The zero-order valence-electron chi connectivity index (χ0n) is 22.3. The summed E-state index contributed by atoms with van der Waals surface area (Å²) in [5.41, 5.74) is -0.0844. The second-order valence-corrected chi connectivity index (χ2v) is 8.69. The van der Waals surface area contributed by atoms with Crippen LogP contribution >= 0.6 is 0 Å². The zero-order valence-corrected chi connectivity index (χ0v) is 22.3. The third kappa shape index (κ3) is 12.3. The number of nitrogens with zero attached hydrogens (tertiary/aromatic N) is 1. The molecule has 0 saturated heterocycles. The van der Waals surface area contributed by atoms with Crippen molar-refractivity contribution < 1.29 is 48.0 Å². The molecule has 0 radical (unpaired) electrons. The van der Waals surface area contributed by atoms with Crippen LogP contribution in [0, 0.1) is 0 Å². The molecule has 2 N–H and O–H groups in total. The number of amides is 1. The predicted octanol–water partition coefficient (Wildman–Crippen LogP) is 2.12. The van der Waals surface area contributed by atoms with Gasteiger partial charge in [-0.1, -0.05) is 6.07 Å². The van der Waals surface area contributed by atoms with Crippen LogP contribution in [0.5, 0.6) is 5.75 Å². The summed E-state index contributed by atoms with van der Waals surface area (Å²) in [6.45, 7) is 9.33. The minimum atomic E-state index is -1.16. The fraction of sp³-hybridized carbons (Fsp3) is 0.600. The van der Waals surface area contributed by atoms with Crippen molar-refractivity contribution in [3.05, 3.63) is 23.8 Å². The standard InChI is InChI=1S/C25H38N2O10/c1-7-33-21(29)14-27(15-22(30)34-8-2)18-11-10-17(12-20(18)36-16-23(31)35-9-3)19(28)13-26-24(32)37-25(4,5)6/h10-12,19,28H,7-9,13-16H2,1-6H3,(H,26,32). The number of aliphatic hydroxyl groups is 1. The number of ether oxygens (including phenoxy) is 5. The number of hydrogen-bond acceptors (Lipinski definition) is 11. The molecule has 1 amide bonds. The Balaban J connectivity index is 3.25. The molecule has 0 aromatic heterocycles. The number of carbonyl (C=O) groups excluding carboxylic acids is 4. The van der Waals surface area contributed by atoms with E-state index in [2.05, 4.69) is 5.32 Å². The van der Waals surface area contributed by atoms with Crippen LogP contribution in [-0.4, -0.2) is 80.8 Å². The molecule has 208 valence electrons. The monoisotopic (exact) mass is 526 g/mol. The molecule has 1 aromatic carbocycles. The minimum Gasteiger partial charge on any atom is -0.480 e. The number of rotatable bonds is 14. The van der Waals surface area contributed by atoms with Gasteiger partial charge in [-0.2, -0.15) is 0 Å². The molecule has 0 aliphatic carbocycles. The third-order valence-corrected chi connectivity index (χ3v) is 4.45. The van der Waals surface area contributed by atoms with Crippen molar-refractivity contribution in [3.8, 4) is 5.75 Å². The van der Waals surface area contributed by atoms with Crippen LogP contribution in [0.3, 0.4) is 0 Å². The molecule has 0 spiro atoms. The lowest BCUT2D eigenvalue weighted by molar-refractivity contribution is -0.146. The van der Waals surface area contributed by atoms with E-state index in [1.54, 1.807) is 41.5 Å². The van der Waals surface area contributed by atoms with Gasteiger partial charge in [-0.15, -0.1) is 0 Å². The summed E-state index contributed by atoms with van der Waals surface area (Å²) in [6, 6.07) is 4.50. The van der Waals surface area contributed by atoms with Crippen LogP contribution in [0.2, 0.25) is 0 Å². The number of aliphatic hydroxyl groups excluding tert-OH is 1. The van der Waals surface area contributed by atoms with E-state index < -0.39 is 42.3 Å². The number of esters is 3. The molecule has 0 heterocycles. The van der Waals surface area contributed by atoms with Crippen LogP contribution in [0.25, 0.3) is 0 Å². The Morgan fingerprint density at radius 2 is 1.46 bits per heavy atom. The summed E-state index contributed by atoms with van der Waals surface area (Å²) in [5, 5.41) is 13.1. The molecule has 37 heavy (non-hydrogen) atoms. The summed E-state index contributed by atoms with van der Waals surface area (Å²) < 4.78 is 25.8. The largest absolute Gasteiger partial charge is 0.480 e. The van der Waals surface area contributed by atoms with Crippen molar-refractivity contribution in [2.24, 2.45) is 0 Å². The van der Waals surface area contributed by atoms with Crippen LogP contribution < -0.4 is 15.0 Å². The first-order valence-electron chi connectivity index (χ1n) is 12.0. The Hall–Kier alpha value is -3.54. The van der Waals surface area contributed by atoms with Gasteiger partial charge in [0.1, 0.15) is 24.4 Å². The second kappa shape index (κ2) is 15.5. The first-order chi connectivity index (χ1) is 17.4. The fourth-order valence-electron chi connectivity index (χ4n) is 3.02. The van der Waals surface area contributed by atoms with Crippen LogP contribution in [-0.2, 0) is 33.3 Å². The van der Waals surface area contributed by atoms with Gasteiger partial charge in [-0.3, -0.25) is 9.59 Å². The summed E-state index contributed by atoms with van der Waals surface area (Å²) in [6.07, 6.45) is -1.85. The van der Waals surface area contributed by atoms with Crippen molar-refractivity contribution in [3.63, 3.8) is 0 Å². The number of benzene rings is 1. The molecular formula is C25H38N2O10. The molecule has 0 fully saturated rings. The van der Waals surface area contributed by atoms with Crippen LogP contribution in [0.15, 0.2) is 18.2 Å². The van der Waals surface area contributed by atoms with Gasteiger partial charge in [0.05, 0.1) is 38.2 Å². The zero-order chi connectivity index (χ0) is 28.0. The van der Waals surface area contributed by atoms with Gasteiger partial charge in [0.25, 0.3) is 0 Å². The molecule has 0 aliphatic heterocycles. The number of anilines is 1. The summed E-state index contributed by atoms with van der Waals surface area (Å²) in [7, 11) is 0.